The molecule has 0 bridgehead atoms. The normalized spacial score (nSPS) is 22.4. The highest BCUT2D eigenvalue weighted by Crippen LogP contribution is 2.38. The molecule has 18 heavy (non-hydrogen) atoms. The first-order valence-corrected chi connectivity index (χ1v) is 7.04. The molecule has 0 saturated carbocycles. The molecule has 96 valence electrons. The van der Waals surface area contributed by atoms with Crippen molar-refractivity contribution in [2.24, 2.45) is 11.3 Å². The van der Waals surface area contributed by atoms with Gasteiger partial charge in [0.2, 0.25) is 0 Å². The van der Waals surface area contributed by atoms with Crippen LogP contribution in [0.15, 0.2) is 11.6 Å². The molecule has 1 unspecified atom stereocenters. The number of fused-ring (bicyclic) bond motifs is 3. The fourth-order valence-electron chi connectivity index (χ4n) is 3.12. The van der Waals surface area contributed by atoms with Gasteiger partial charge in [0.15, 0.2) is 0 Å². The summed E-state index contributed by atoms with van der Waals surface area (Å²) in [5.74, 6) is 0.648. The van der Waals surface area contributed by atoms with Gasteiger partial charge in [-0.3, -0.25) is 0 Å². The zero-order valence-corrected chi connectivity index (χ0v) is 11.9. The Hall–Kier alpha value is -1.24. The molecule has 0 fully saturated rings. The molecule has 0 spiro atoms. The van der Waals surface area contributed by atoms with Crippen LogP contribution >= 0.6 is 0 Å². The minimum absolute atomic E-state index is 0.353. The Morgan fingerprint density at radius 3 is 2.72 bits per heavy atom. The highest BCUT2D eigenvalue weighted by atomic mass is 14.7. The molecule has 0 aliphatic heterocycles. The van der Waals surface area contributed by atoms with Crippen LogP contribution in [0.25, 0.3) is 12.2 Å². The maximum atomic E-state index is 3.66. The number of allylic oxidation sites excluding steroid dienone is 2. The van der Waals surface area contributed by atoms with Gasteiger partial charge in [-0.25, -0.2) is 0 Å². The Bertz CT molecular complexity index is 535. The molecule has 1 aromatic heterocycles. The summed E-state index contributed by atoms with van der Waals surface area (Å²) in [5, 5.41) is 0. The van der Waals surface area contributed by atoms with Gasteiger partial charge < -0.3 is 4.98 Å². The Labute approximate surface area is 110 Å². The average molecular weight is 241 g/mol. The van der Waals surface area contributed by atoms with Crippen molar-refractivity contribution >= 4 is 12.2 Å². The Morgan fingerprint density at radius 1 is 1.22 bits per heavy atom. The van der Waals surface area contributed by atoms with Gasteiger partial charge in [-0.2, -0.15) is 0 Å². The van der Waals surface area contributed by atoms with Crippen LogP contribution in [0.2, 0.25) is 0 Å². The minimum atomic E-state index is 0.353. The van der Waals surface area contributed by atoms with Gasteiger partial charge in [0, 0.05) is 11.4 Å². The molecule has 1 heterocycles. The van der Waals surface area contributed by atoms with E-state index < -0.39 is 0 Å². The zero-order valence-electron chi connectivity index (χ0n) is 11.9. The number of nitrogens with one attached hydrogen (secondary N) is 1. The molecular weight excluding hydrogens is 218 g/mol. The van der Waals surface area contributed by atoms with Crippen molar-refractivity contribution in [3.63, 3.8) is 0 Å². The van der Waals surface area contributed by atoms with Crippen molar-refractivity contribution in [3.8, 4) is 0 Å². The second-order valence-electron chi connectivity index (χ2n) is 6.94. The number of hydrogen-bond acceptors (Lipinski definition) is 0. The van der Waals surface area contributed by atoms with Crippen LogP contribution in [-0.4, -0.2) is 4.98 Å². The maximum Gasteiger partial charge on any atom is 0.0420 e. The molecule has 1 nitrogen and oxygen atoms in total. The van der Waals surface area contributed by atoms with Crippen molar-refractivity contribution in [1.29, 1.82) is 0 Å². The van der Waals surface area contributed by atoms with E-state index >= 15 is 0 Å². The van der Waals surface area contributed by atoms with E-state index in [0.717, 1.165) is 6.42 Å². The van der Waals surface area contributed by atoms with Gasteiger partial charge in [0.25, 0.3) is 0 Å². The van der Waals surface area contributed by atoms with E-state index in [4.69, 9.17) is 0 Å². The van der Waals surface area contributed by atoms with Crippen LogP contribution in [-0.2, 0) is 12.8 Å². The summed E-state index contributed by atoms with van der Waals surface area (Å²) in [6, 6.07) is 0. The second-order valence-corrected chi connectivity index (χ2v) is 6.94. The van der Waals surface area contributed by atoms with Gasteiger partial charge >= 0.3 is 0 Å². The summed E-state index contributed by atoms with van der Waals surface area (Å²) in [4.78, 5) is 3.66. The van der Waals surface area contributed by atoms with Crippen LogP contribution in [0, 0.1) is 11.3 Å². The summed E-state index contributed by atoms with van der Waals surface area (Å²) in [5.41, 5.74) is 7.69. The highest BCUT2D eigenvalue weighted by molar-refractivity contribution is 5.69. The van der Waals surface area contributed by atoms with E-state index in [2.05, 4.69) is 50.9 Å². The van der Waals surface area contributed by atoms with Crippen LogP contribution in [0.4, 0.5) is 0 Å². The first-order valence-electron chi connectivity index (χ1n) is 7.04. The van der Waals surface area contributed by atoms with E-state index in [1.807, 2.05) is 0 Å². The van der Waals surface area contributed by atoms with E-state index in [1.165, 1.54) is 35.4 Å². The minimum Gasteiger partial charge on any atom is -0.358 e. The zero-order chi connectivity index (χ0) is 12.9. The molecule has 0 amide bonds. The second kappa shape index (κ2) is 3.88. The Balaban J connectivity index is 2.00. The summed E-state index contributed by atoms with van der Waals surface area (Å²) in [6.07, 6.45) is 10.7. The number of rotatable bonds is 0. The van der Waals surface area contributed by atoms with Crippen molar-refractivity contribution < 1.29 is 0 Å². The third kappa shape index (κ3) is 1.86. The van der Waals surface area contributed by atoms with Gasteiger partial charge in [-0.15, -0.1) is 0 Å². The average Bonchev–Trinajstić information content (AvgIpc) is 2.63. The standard InChI is InChI=1S/C17H23N/c1-11-5-7-13-14-8-6-12(17(2,3)4)10-16(14)18-15(13)9-11/h6,8-9,12,18H,5,7,10H2,1-4H3. The molecular formula is C17H23N. The van der Waals surface area contributed by atoms with E-state index in [1.54, 1.807) is 5.56 Å². The lowest BCUT2D eigenvalue weighted by molar-refractivity contribution is 0.289. The largest absolute Gasteiger partial charge is 0.358 e. The number of hydrogen-bond donors (Lipinski definition) is 1. The first kappa shape index (κ1) is 11.8. The SMILES string of the molecule is CC1=Cc2[nH]c3c(c2CC1)C=CC(C(C)(C)C)C3. The first-order chi connectivity index (χ1) is 8.45. The predicted octanol–water partition coefficient (Wildman–Crippen LogP) is 4.60. The third-order valence-corrected chi connectivity index (χ3v) is 4.45. The monoisotopic (exact) mass is 241 g/mol. The summed E-state index contributed by atoms with van der Waals surface area (Å²) in [6.45, 7) is 9.23. The number of aromatic nitrogens is 1. The van der Waals surface area contributed by atoms with E-state index in [9.17, 15) is 0 Å². The summed E-state index contributed by atoms with van der Waals surface area (Å²) < 4.78 is 0. The van der Waals surface area contributed by atoms with Gasteiger partial charge in [0.05, 0.1) is 0 Å². The Kier molecular flexibility index (Phi) is 2.55. The van der Waals surface area contributed by atoms with Crippen LogP contribution in [0.5, 0.6) is 0 Å². The van der Waals surface area contributed by atoms with Crippen LogP contribution < -0.4 is 0 Å². The molecule has 3 rings (SSSR count). The fourth-order valence-corrected chi connectivity index (χ4v) is 3.12. The smallest absolute Gasteiger partial charge is 0.0420 e. The lowest BCUT2D eigenvalue weighted by Crippen LogP contribution is -2.22. The lowest BCUT2D eigenvalue weighted by Gasteiger charge is -2.30. The van der Waals surface area contributed by atoms with Gasteiger partial charge in [-0.05, 0) is 54.7 Å². The molecule has 0 aromatic carbocycles. The van der Waals surface area contributed by atoms with Crippen molar-refractivity contribution in [2.75, 3.05) is 0 Å². The summed E-state index contributed by atoms with van der Waals surface area (Å²) in [7, 11) is 0. The molecule has 2 aliphatic carbocycles. The topological polar surface area (TPSA) is 15.8 Å². The van der Waals surface area contributed by atoms with Crippen molar-refractivity contribution in [2.45, 2.75) is 47.0 Å². The Morgan fingerprint density at radius 2 is 2.00 bits per heavy atom. The maximum absolute atomic E-state index is 3.66. The van der Waals surface area contributed by atoms with Crippen LogP contribution in [0.1, 0.15) is 56.6 Å². The van der Waals surface area contributed by atoms with E-state index in [-0.39, 0.29) is 0 Å². The highest BCUT2D eigenvalue weighted by Gasteiger charge is 2.28. The molecule has 0 radical (unpaired) electrons. The molecule has 2 aliphatic rings. The number of H-pyrrole nitrogens is 1. The molecule has 1 aromatic rings. The summed E-state index contributed by atoms with van der Waals surface area (Å²) >= 11 is 0. The molecule has 0 saturated heterocycles. The quantitative estimate of drug-likeness (QED) is 0.683. The fraction of sp³-hybridized carbons (Fsp3) is 0.529. The van der Waals surface area contributed by atoms with E-state index in [0.29, 0.717) is 11.3 Å². The van der Waals surface area contributed by atoms with Gasteiger partial charge in [0.1, 0.15) is 0 Å². The third-order valence-electron chi connectivity index (χ3n) is 4.45. The molecule has 1 N–H and O–H groups in total. The lowest BCUT2D eigenvalue weighted by atomic mass is 9.75. The predicted molar refractivity (Wildman–Crippen MR) is 78.4 cm³/mol. The van der Waals surface area contributed by atoms with Gasteiger partial charge in [-0.1, -0.05) is 38.5 Å². The van der Waals surface area contributed by atoms with Crippen LogP contribution in [0.3, 0.4) is 0 Å². The van der Waals surface area contributed by atoms with Crippen molar-refractivity contribution in [1.82, 2.24) is 4.98 Å². The molecule has 1 atom stereocenters. The van der Waals surface area contributed by atoms with Crippen molar-refractivity contribution in [3.05, 3.63) is 34.2 Å². The number of aromatic amines is 1. The molecule has 1 heteroatoms.